The number of nitrogens with zero attached hydrogens (tertiary/aromatic N) is 1. The summed E-state index contributed by atoms with van der Waals surface area (Å²) in [6.45, 7) is 3.68. The van der Waals surface area contributed by atoms with E-state index in [1.807, 2.05) is 32.0 Å². The average molecular weight is 334 g/mol. The summed E-state index contributed by atoms with van der Waals surface area (Å²) in [6, 6.07) is 8.66. The van der Waals surface area contributed by atoms with Crippen LogP contribution in [0.3, 0.4) is 0 Å². The van der Waals surface area contributed by atoms with Gasteiger partial charge in [-0.3, -0.25) is 20.4 Å². The van der Waals surface area contributed by atoms with Crippen molar-refractivity contribution in [2.45, 2.75) is 13.8 Å². The molecular formula is C16H16ClN3O3. The van der Waals surface area contributed by atoms with Crippen molar-refractivity contribution in [3.63, 3.8) is 0 Å². The van der Waals surface area contributed by atoms with Gasteiger partial charge in [-0.15, -0.1) is 0 Å². The van der Waals surface area contributed by atoms with Gasteiger partial charge in [0.25, 0.3) is 11.8 Å². The van der Waals surface area contributed by atoms with Crippen LogP contribution >= 0.6 is 11.6 Å². The molecule has 0 saturated carbocycles. The molecule has 0 aliphatic heterocycles. The summed E-state index contributed by atoms with van der Waals surface area (Å²) in [5, 5.41) is 0.285. The molecule has 1 aromatic heterocycles. The second-order valence-corrected chi connectivity index (χ2v) is 5.37. The molecule has 0 unspecified atom stereocenters. The Balaban J connectivity index is 1.80. The van der Waals surface area contributed by atoms with E-state index < -0.39 is 11.8 Å². The Morgan fingerprint density at radius 1 is 1.13 bits per heavy atom. The van der Waals surface area contributed by atoms with E-state index in [1.165, 1.54) is 18.3 Å². The lowest BCUT2D eigenvalue weighted by Crippen LogP contribution is -2.43. The normalized spacial score (nSPS) is 10.0. The number of aryl methyl sites for hydroxylation is 2. The lowest BCUT2D eigenvalue weighted by Gasteiger charge is -2.10. The maximum Gasteiger partial charge on any atom is 0.276 e. The van der Waals surface area contributed by atoms with E-state index in [0.717, 1.165) is 11.1 Å². The number of hydrogen-bond donors (Lipinski definition) is 2. The van der Waals surface area contributed by atoms with E-state index in [2.05, 4.69) is 15.8 Å². The maximum absolute atomic E-state index is 11.8. The number of pyridine rings is 1. The molecule has 2 aromatic rings. The van der Waals surface area contributed by atoms with Gasteiger partial charge >= 0.3 is 0 Å². The van der Waals surface area contributed by atoms with Crippen LogP contribution in [0.1, 0.15) is 21.5 Å². The van der Waals surface area contributed by atoms with E-state index in [1.54, 1.807) is 0 Å². The molecule has 23 heavy (non-hydrogen) atoms. The molecule has 0 spiro atoms. The minimum Gasteiger partial charge on any atom is -0.484 e. The first-order chi connectivity index (χ1) is 10.9. The minimum absolute atomic E-state index is 0.206. The Labute approximate surface area is 138 Å². The Morgan fingerprint density at radius 2 is 1.83 bits per heavy atom. The van der Waals surface area contributed by atoms with Crippen LogP contribution < -0.4 is 15.6 Å². The third-order valence-corrected chi connectivity index (χ3v) is 3.09. The number of carbonyl (C=O) groups excluding carboxylic acids is 2. The highest BCUT2D eigenvalue weighted by Crippen LogP contribution is 2.15. The maximum atomic E-state index is 11.8. The zero-order chi connectivity index (χ0) is 16.8. The Morgan fingerprint density at radius 3 is 2.43 bits per heavy atom. The number of halogens is 1. The fraction of sp³-hybridized carbons (Fsp3) is 0.188. The third kappa shape index (κ3) is 5.27. The molecule has 2 rings (SSSR count). The van der Waals surface area contributed by atoms with Crippen LogP contribution in [-0.2, 0) is 4.79 Å². The number of amides is 2. The van der Waals surface area contributed by atoms with Crippen LogP contribution in [0.5, 0.6) is 5.75 Å². The zero-order valence-corrected chi connectivity index (χ0v) is 13.5. The summed E-state index contributed by atoms with van der Waals surface area (Å²) in [5.74, 6) is -0.362. The van der Waals surface area contributed by atoms with Crippen LogP contribution in [0.4, 0.5) is 0 Å². The number of aromatic nitrogens is 1. The number of nitrogens with one attached hydrogen (secondary N) is 2. The molecular weight excluding hydrogens is 318 g/mol. The molecule has 120 valence electrons. The highest BCUT2D eigenvalue weighted by atomic mass is 35.5. The van der Waals surface area contributed by atoms with Gasteiger partial charge in [0.1, 0.15) is 10.9 Å². The Kier molecular flexibility index (Phi) is 5.54. The summed E-state index contributed by atoms with van der Waals surface area (Å²) in [7, 11) is 0. The third-order valence-electron chi connectivity index (χ3n) is 2.87. The molecule has 0 saturated heterocycles. The smallest absolute Gasteiger partial charge is 0.276 e. The quantitative estimate of drug-likeness (QED) is 0.664. The molecule has 1 heterocycles. The summed E-state index contributed by atoms with van der Waals surface area (Å²) in [4.78, 5) is 27.2. The van der Waals surface area contributed by atoms with E-state index in [4.69, 9.17) is 16.3 Å². The number of rotatable bonds is 4. The summed E-state index contributed by atoms with van der Waals surface area (Å²) in [5.41, 5.74) is 6.92. The van der Waals surface area contributed by atoms with E-state index in [-0.39, 0.29) is 17.3 Å². The van der Waals surface area contributed by atoms with Gasteiger partial charge in [-0.05, 0) is 49.2 Å². The predicted molar refractivity (Wildman–Crippen MR) is 86.3 cm³/mol. The van der Waals surface area contributed by atoms with Crippen molar-refractivity contribution in [2.24, 2.45) is 0 Å². The van der Waals surface area contributed by atoms with E-state index in [0.29, 0.717) is 5.75 Å². The molecule has 0 atom stereocenters. The van der Waals surface area contributed by atoms with Gasteiger partial charge in [-0.1, -0.05) is 17.7 Å². The molecule has 2 N–H and O–H groups in total. The highest BCUT2D eigenvalue weighted by molar-refractivity contribution is 6.29. The second kappa shape index (κ2) is 7.60. The SMILES string of the molecule is Cc1cc(C)cc(OCC(=O)NNC(=O)c2ccc(Cl)nc2)c1. The Hall–Kier alpha value is -2.60. The molecule has 6 nitrogen and oxygen atoms in total. The van der Waals surface area contributed by atoms with Crippen LogP contribution in [0.15, 0.2) is 36.5 Å². The topological polar surface area (TPSA) is 80.3 Å². The standard InChI is InChI=1S/C16H16ClN3O3/c1-10-5-11(2)7-13(6-10)23-9-15(21)19-20-16(22)12-3-4-14(17)18-8-12/h3-8H,9H2,1-2H3,(H,19,21)(H,20,22). The zero-order valence-electron chi connectivity index (χ0n) is 12.7. The highest BCUT2D eigenvalue weighted by Gasteiger charge is 2.08. The van der Waals surface area contributed by atoms with Crippen molar-refractivity contribution in [3.8, 4) is 5.75 Å². The largest absolute Gasteiger partial charge is 0.484 e. The van der Waals surface area contributed by atoms with Gasteiger partial charge in [0.2, 0.25) is 0 Å². The van der Waals surface area contributed by atoms with Crippen LogP contribution in [-0.4, -0.2) is 23.4 Å². The molecule has 7 heteroatoms. The first kappa shape index (κ1) is 16.8. The van der Waals surface area contributed by atoms with Crippen LogP contribution in [0.2, 0.25) is 5.15 Å². The van der Waals surface area contributed by atoms with Gasteiger partial charge in [-0.2, -0.15) is 0 Å². The van der Waals surface area contributed by atoms with Crippen molar-refractivity contribution >= 4 is 23.4 Å². The number of hydrogen-bond acceptors (Lipinski definition) is 4. The van der Waals surface area contributed by atoms with Gasteiger partial charge < -0.3 is 4.74 Å². The summed E-state index contributed by atoms with van der Waals surface area (Å²) >= 11 is 5.64. The van der Waals surface area contributed by atoms with E-state index in [9.17, 15) is 9.59 Å². The minimum atomic E-state index is -0.492. The molecule has 0 fully saturated rings. The number of ether oxygens (including phenoxy) is 1. The average Bonchev–Trinajstić information content (AvgIpc) is 2.50. The molecule has 2 amide bonds. The van der Waals surface area contributed by atoms with Gasteiger partial charge in [0.15, 0.2) is 6.61 Å². The molecule has 0 aliphatic rings. The van der Waals surface area contributed by atoms with Gasteiger partial charge in [0.05, 0.1) is 5.56 Å². The molecule has 0 radical (unpaired) electrons. The number of hydrazine groups is 1. The predicted octanol–water partition coefficient (Wildman–Crippen LogP) is 2.19. The van der Waals surface area contributed by atoms with Crippen molar-refractivity contribution in [3.05, 3.63) is 58.4 Å². The van der Waals surface area contributed by atoms with Crippen molar-refractivity contribution in [2.75, 3.05) is 6.61 Å². The lowest BCUT2D eigenvalue weighted by molar-refractivity contribution is -0.123. The first-order valence-electron chi connectivity index (χ1n) is 6.86. The van der Waals surface area contributed by atoms with Crippen LogP contribution in [0, 0.1) is 13.8 Å². The number of benzene rings is 1. The fourth-order valence-corrected chi connectivity index (χ4v) is 2.02. The van der Waals surface area contributed by atoms with Crippen molar-refractivity contribution in [1.82, 2.24) is 15.8 Å². The van der Waals surface area contributed by atoms with Crippen molar-refractivity contribution in [1.29, 1.82) is 0 Å². The molecule has 0 aliphatic carbocycles. The first-order valence-corrected chi connectivity index (χ1v) is 7.23. The lowest BCUT2D eigenvalue weighted by atomic mass is 10.1. The summed E-state index contributed by atoms with van der Waals surface area (Å²) < 4.78 is 5.39. The van der Waals surface area contributed by atoms with Crippen molar-refractivity contribution < 1.29 is 14.3 Å². The molecule has 0 bridgehead atoms. The Bertz CT molecular complexity index is 697. The monoisotopic (exact) mass is 333 g/mol. The van der Waals surface area contributed by atoms with E-state index >= 15 is 0 Å². The second-order valence-electron chi connectivity index (χ2n) is 4.98. The van der Waals surface area contributed by atoms with Gasteiger partial charge in [0, 0.05) is 6.20 Å². The van der Waals surface area contributed by atoms with Gasteiger partial charge in [-0.25, -0.2) is 4.98 Å². The fourth-order valence-electron chi connectivity index (χ4n) is 1.91. The van der Waals surface area contributed by atoms with Crippen LogP contribution in [0.25, 0.3) is 0 Å². The summed E-state index contributed by atoms with van der Waals surface area (Å²) in [6.07, 6.45) is 1.32. The molecule has 1 aromatic carbocycles. The number of carbonyl (C=O) groups is 2.